The molecule has 0 aliphatic heterocycles. The van der Waals surface area contributed by atoms with Crippen molar-refractivity contribution in [3.05, 3.63) is 23.3 Å². The van der Waals surface area contributed by atoms with E-state index in [2.05, 4.69) is 0 Å². The number of phenols is 2. The molecule has 0 fully saturated rings. The van der Waals surface area contributed by atoms with Crippen molar-refractivity contribution >= 4 is 5.97 Å². The van der Waals surface area contributed by atoms with Crippen LogP contribution in [0.15, 0.2) is 12.1 Å². The van der Waals surface area contributed by atoms with E-state index >= 15 is 0 Å². The molecular weight excluding hydrogens is 229 g/mol. The Morgan fingerprint density at radius 3 is 2.19 bits per heavy atom. The van der Waals surface area contributed by atoms with Crippen LogP contribution in [0.1, 0.15) is 11.1 Å². The molecule has 0 radical (unpaired) electrons. The van der Waals surface area contributed by atoms with E-state index in [1.54, 1.807) is 0 Å². The Morgan fingerprint density at radius 2 is 1.75 bits per heavy atom. The molecule has 88 valence electrons. The molecule has 4 nitrogen and oxygen atoms in total. The number of carboxylic acid groups (broad SMARTS) is 1. The second kappa shape index (κ2) is 3.92. The van der Waals surface area contributed by atoms with Gasteiger partial charge in [-0.2, -0.15) is 13.2 Å². The average molecular weight is 236 g/mol. The van der Waals surface area contributed by atoms with Gasteiger partial charge in [-0.25, -0.2) is 0 Å². The fraction of sp³-hybridized carbons (Fsp3) is 0.222. The molecule has 16 heavy (non-hydrogen) atoms. The minimum absolute atomic E-state index is 0.280. The summed E-state index contributed by atoms with van der Waals surface area (Å²) in [5, 5.41) is 26.6. The molecule has 0 aliphatic rings. The highest BCUT2D eigenvalue weighted by atomic mass is 19.4. The first-order valence-corrected chi connectivity index (χ1v) is 4.06. The van der Waals surface area contributed by atoms with Crippen LogP contribution in [0.25, 0.3) is 0 Å². The fourth-order valence-corrected chi connectivity index (χ4v) is 1.16. The zero-order valence-corrected chi connectivity index (χ0v) is 7.75. The van der Waals surface area contributed by atoms with Crippen molar-refractivity contribution in [2.75, 3.05) is 0 Å². The van der Waals surface area contributed by atoms with Crippen LogP contribution in [0.2, 0.25) is 0 Å². The summed E-state index contributed by atoms with van der Waals surface area (Å²) in [5.41, 5.74) is -1.68. The maximum Gasteiger partial charge on any atom is 0.420 e. The smallest absolute Gasteiger partial charge is 0.420 e. The molecule has 0 saturated carbocycles. The number of hydrogen-bond acceptors (Lipinski definition) is 3. The molecule has 0 aliphatic carbocycles. The Morgan fingerprint density at radius 1 is 1.19 bits per heavy atom. The topological polar surface area (TPSA) is 77.8 Å². The lowest BCUT2D eigenvalue weighted by Gasteiger charge is -2.11. The summed E-state index contributed by atoms with van der Waals surface area (Å²) in [7, 11) is 0. The molecule has 3 N–H and O–H groups in total. The Kier molecular flexibility index (Phi) is 2.97. The van der Waals surface area contributed by atoms with Crippen LogP contribution >= 0.6 is 0 Å². The number of aliphatic carboxylic acids is 1. The molecule has 1 aromatic carbocycles. The molecule has 0 heterocycles. The van der Waals surface area contributed by atoms with Crippen LogP contribution < -0.4 is 0 Å². The zero-order chi connectivity index (χ0) is 12.5. The van der Waals surface area contributed by atoms with Crippen LogP contribution in [0, 0.1) is 0 Å². The number of benzene rings is 1. The molecule has 0 atom stereocenters. The number of hydrogen-bond donors (Lipinski definition) is 3. The van der Waals surface area contributed by atoms with Gasteiger partial charge in [0, 0.05) is 5.56 Å². The summed E-state index contributed by atoms with van der Waals surface area (Å²) >= 11 is 0. The standard InChI is InChI=1S/C9H7F3O4/c10-9(11,12)5-2-1-4(3-6(13)14)7(15)8(5)16/h1-2,15-16H,3H2,(H,13,14). The zero-order valence-electron chi connectivity index (χ0n) is 7.75. The van der Waals surface area contributed by atoms with E-state index in [4.69, 9.17) is 10.2 Å². The van der Waals surface area contributed by atoms with Gasteiger partial charge in [0.25, 0.3) is 0 Å². The van der Waals surface area contributed by atoms with E-state index in [-0.39, 0.29) is 5.56 Å². The first-order valence-electron chi connectivity index (χ1n) is 4.06. The predicted octanol–water partition coefficient (Wildman–Crippen LogP) is 1.74. The number of carbonyl (C=O) groups is 1. The summed E-state index contributed by atoms with van der Waals surface area (Å²) in [6.07, 6.45) is -5.47. The number of aromatic hydroxyl groups is 2. The van der Waals surface area contributed by atoms with E-state index < -0.39 is 35.6 Å². The first-order chi connectivity index (χ1) is 7.23. The minimum Gasteiger partial charge on any atom is -0.504 e. The second-order valence-electron chi connectivity index (χ2n) is 3.04. The highest BCUT2D eigenvalue weighted by Crippen LogP contribution is 2.41. The molecule has 0 amide bonds. The van der Waals surface area contributed by atoms with Crippen LogP contribution in [0.4, 0.5) is 13.2 Å². The maximum absolute atomic E-state index is 12.2. The van der Waals surface area contributed by atoms with Crippen molar-refractivity contribution in [2.24, 2.45) is 0 Å². The molecule has 0 aromatic heterocycles. The lowest BCUT2D eigenvalue weighted by Crippen LogP contribution is -2.07. The third-order valence-electron chi connectivity index (χ3n) is 1.88. The van der Waals surface area contributed by atoms with E-state index in [9.17, 15) is 23.1 Å². The predicted molar refractivity (Wildman–Crippen MR) is 46.1 cm³/mol. The number of phenolic OH excluding ortho intramolecular Hbond substituents is 2. The van der Waals surface area contributed by atoms with Gasteiger partial charge < -0.3 is 15.3 Å². The Balaban J connectivity index is 3.24. The summed E-state index contributed by atoms with van der Waals surface area (Å²) in [5.74, 6) is -3.74. The summed E-state index contributed by atoms with van der Waals surface area (Å²) in [6, 6.07) is 1.33. The molecule has 0 saturated heterocycles. The van der Waals surface area contributed by atoms with Gasteiger partial charge in [-0.05, 0) is 6.07 Å². The lowest BCUT2D eigenvalue weighted by atomic mass is 10.1. The van der Waals surface area contributed by atoms with Crippen LogP contribution in [0.3, 0.4) is 0 Å². The largest absolute Gasteiger partial charge is 0.504 e. The maximum atomic E-state index is 12.2. The normalized spacial score (nSPS) is 11.4. The van der Waals surface area contributed by atoms with Crippen molar-refractivity contribution in [2.45, 2.75) is 12.6 Å². The first kappa shape index (κ1) is 12.2. The van der Waals surface area contributed by atoms with E-state index in [1.165, 1.54) is 0 Å². The van der Waals surface area contributed by atoms with E-state index in [1.807, 2.05) is 0 Å². The minimum atomic E-state index is -4.80. The number of carboxylic acids is 1. The average Bonchev–Trinajstić information content (AvgIpc) is 2.10. The fourth-order valence-electron chi connectivity index (χ4n) is 1.16. The summed E-state index contributed by atoms with van der Waals surface area (Å²) in [4.78, 5) is 10.3. The van der Waals surface area contributed by atoms with Crippen molar-refractivity contribution in [1.29, 1.82) is 0 Å². The monoisotopic (exact) mass is 236 g/mol. The van der Waals surface area contributed by atoms with E-state index in [0.717, 1.165) is 6.07 Å². The van der Waals surface area contributed by atoms with Crippen LogP contribution in [0.5, 0.6) is 11.5 Å². The van der Waals surface area contributed by atoms with Crippen LogP contribution in [-0.4, -0.2) is 21.3 Å². The number of alkyl halides is 3. The van der Waals surface area contributed by atoms with E-state index in [0.29, 0.717) is 6.07 Å². The molecule has 0 spiro atoms. The molecule has 0 unspecified atom stereocenters. The highest BCUT2D eigenvalue weighted by Gasteiger charge is 2.35. The van der Waals surface area contributed by atoms with Gasteiger partial charge in [-0.15, -0.1) is 0 Å². The quantitative estimate of drug-likeness (QED) is 0.683. The Labute approximate surface area is 87.6 Å². The lowest BCUT2D eigenvalue weighted by molar-refractivity contribution is -0.139. The van der Waals surface area contributed by atoms with Gasteiger partial charge in [-0.1, -0.05) is 6.07 Å². The van der Waals surface area contributed by atoms with Gasteiger partial charge >= 0.3 is 12.1 Å². The molecule has 1 rings (SSSR count). The Hall–Kier alpha value is -1.92. The number of rotatable bonds is 2. The SMILES string of the molecule is O=C(O)Cc1ccc(C(F)(F)F)c(O)c1O. The summed E-state index contributed by atoms with van der Waals surface area (Å²) in [6.45, 7) is 0. The third-order valence-corrected chi connectivity index (χ3v) is 1.88. The van der Waals surface area contributed by atoms with Crippen molar-refractivity contribution in [3.63, 3.8) is 0 Å². The molecule has 1 aromatic rings. The molecule has 7 heteroatoms. The highest BCUT2D eigenvalue weighted by molar-refractivity contribution is 5.72. The van der Waals surface area contributed by atoms with Crippen LogP contribution in [-0.2, 0) is 17.4 Å². The van der Waals surface area contributed by atoms with Gasteiger partial charge in [0.05, 0.1) is 6.42 Å². The third kappa shape index (κ3) is 2.36. The molecule has 0 bridgehead atoms. The second-order valence-corrected chi connectivity index (χ2v) is 3.04. The Bertz CT molecular complexity index is 425. The summed E-state index contributed by atoms with van der Waals surface area (Å²) < 4.78 is 36.7. The van der Waals surface area contributed by atoms with Gasteiger partial charge in [-0.3, -0.25) is 4.79 Å². The van der Waals surface area contributed by atoms with Gasteiger partial charge in [0.1, 0.15) is 5.56 Å². The van der Waals surface area contributed by atoms with Gasteiger partial charge in [0.15, 0.2) is 11.5 Å². The number of halogens is 3. The van der Waals surface area contributed by atoms with Crippen molar-refractivity contribution in [1.82, 2.24) is 0 Å². The van der Waals surface area contributed by atoms with Crippen molar-refractivity contribution in [3.8, 4) is 11.5 Å². The molecular formula is C9H7F3O4. The van der Waals surface area contributed by atoms with Gasteiger partial charge in [0.2, 0.25) is 0 Å². The van der Waals surface area contributed by atoms with Crippen molar-refractivity contribution < 1.29 is 33.3 Å².